The molecule has 1 unspecified atom stereocenters. The van der Waals surface area contributed by atoms with E-state index in [1.807, 2.05) is 5.32 Å². The van der Waals surface area contributed by atoms with Gasteiger partial charge in [-0.3, -0.25) is 14.9 Å². The highest BCUT2D eigenvalue weighted by Gasteiger charge is 2.33. The summed E-state index contributed by atoms with van der Waals surface area (Å²) >= 11 is 0. The van der Waals surface area contributed by atoms with Gasteiger partial charge in [-0.25, -0.2) is 18.0 Å². The number of amides is 4. The third-order valence-electron chi connectivity index (χ3n) is 5.00. The Bertz CT molecular complexity index is 1000. The zero-order valence-corrected chi connectivity index (χ0v) is 21.1. The number of primary amides is 1. The van der Waals surface area contributed by atoms with E-state index in [0.29, 0.717) is 0 Å². The molecule has 0 saturated carbocycles. The van der Waals surface area contributed by atoms with Crippen LogP contribution in [-0.2, 0) is 24.3 Å². The average Bonchev–Trinajstić information content (AvgIpc) is 2.75. The summed E-state index contributed by atoms with van der Waals surface area (Å²) in [6.45, 7) is 10.5. The lowest BCUT2D eigenvalue weighted by molar-refractivity contribution is -0.161. The van der Waals surface area contributed by atoms with Gasteiger partial charge >= 0.3 is 12.0 Å². The van der Waals surface area contributed by atoms with Crippen molar-refractivity contribution in [3.05, 3.63) is 29.8 Å². The molecule has 190 valence electrons. The van der Waals surface area contributed by atoms with E-state index in [4.69, 9.17) is 10.5 Å². The van der Waals surface area contributed by atoms with E-state index in [1.54, 1.807) is 41.5 Å². The lowest BCUT2D eigenvalue weighted by Crippen LogP contribution is -2.50. The van der Waals surface area contributed by atoms with E-state index in [0.717, 1.165) is 0 Å². The Morgan fingerprint density at radius 1 is 1.03 bits per heavy atom. The predicted molar refractivity (Wildman–Crippen MR) is 125 cm³/mol. The fraction of sp³-hybridized carbons (Fsp3) is 0.545. The van der Waals surface area contributed by atoms with Crippen molar-refractivity contribution < 1.29 is 32.3 Å². The van der Waals surface area contributed by atoms with Gasteiger partial charge in [0.1, 0.15) is 6.04 Å². The number of carbonyl (C=O) groups excluding carboxylic acids is 4. The van der Waals surface area contributed by atoms with Gasteiger partial charge in [0.05, 0.1) is 4.90 Å². The third kappa shape index (κ3) is 7.52. The minimum Gasteiger partial charge on any atom is -0.450 e. The number of carbonyl (C=O) groups is 4. The van der Waals surface area contributed by atoms with Gasteiger partial charge in [-0.2, -0.15) is 4.31 Å². The number of nitrogens with two attached hydrogens (primary N) is 1. The molecule has 34 heavy (non-hydrogen) atoms. The Morgan fingerprint density at radius 3 is 2.09 bits per heavy atom. The van der Waals surface area contributed by atoms with Crippen LogP contribution in [0.4, 0.5) is 4.79 Å². The number of imide groups is 1. The highest BCUT2D eigenvalue weighted by atomic mass is 32.2. The Kier molecular flexibility index (Phi) is 10.6. The number of sulfonamides is 1. The second-order valence-corrected chi connectivity index (χ2v) is 10.2. The lowest BCUT2D eigenvalue weighted by Gasteiger charge is -2.25. The standard InChI is InChI=1S/C22H34N4O7S/c1-7-26(8-2)34(31,32)16-11-9-10-15(12-16)19(27)24-17(13(3)4)21(29)33-18(14(5)6)20(28)25-22(23)30/h9-14,17-18H,7-8H2,1-6H3,(H,24,27)(H3,23,25,28,30)/t17-,18?/m0/s1. The van der Waals surface area contributed by atoms with Crippen molar-refractivity contribution >= 4 is 33.8 Å². The van der Waals surface area contributed by atoms with Gasteiger partial charge in [0.2, 0.25) is 10.0 Å². The monoisotopic (exact) mass is 498 g/mol. The molecule has 0 fully saturated rings. The minimum atomic E-state index is -3.78. The fourth-order valence-electron chi connectivity index (χ4n) is 3.12. The average molecular weight is 499 g/mol. The Morgan fingerprint density at radius 2 is 1.62 bits per heavy atom. The van der Waals surface area contributed by atoms with Gasteiger partial charge < -0.3 is 15.8 Å². The molecule has 0 radical (unpaired) electrons. The summed E-state index contributed by atoms with van der Waals surface area (Å²) in [4.78, 5) is 48.8. The third-order valence-corrected chi connectivity index (χ3v) is 7.05. The number of hydrogen-bond donors (Lipinski definition) is 3. The summed E-state index contributed by atoms with van der Waals surface area (Å²) in [5.41, 5.74) is 5.01. The molecule has 1 aromatic rings. The molecular formula is C22H34N4O7S. The lowest BCUT2D eigenvalue weighted by atomic mass is 10.0. The molecule has 0 aliphatic heterocycles. The zero-order chi connectivity index (χ0) is 26.2. The number of ether oxygens (including phenoxy) is 1. The van der Waals surface area contributed by atoms with Gasteiger partial charge in [-0.05, 0) is 30.0 Å². The minimum absolute atomic E-state index is 0.0403. The number of nitrogens with zero attached hydrogens (tertiary/aromatic N) is 1. The fourth-order valence-corrected chi connectivity index (χ4v) is 4.62. The zero-order valence-electron chi connectivity index (χ0n) is 20.3. The summed E-state index contributed by atoms with van der Waals surface area (Å²) in [6.07, 6.45) is -1.30. The molecule has 0 saturated heterocycles. The molecule has 4 N–H and O–H groups in total. The number of urea groups is 1. The van der Waals surface area contributed by atoms with Gasteiger partial charge in [-0.1, -0.05) is 47.6 Å². The van der Waals surface area contributed by atoms with Crippen molar-refractivity contribution in [2.45, 2.75) is 58.6 Å². The molecule has 4 amide bonds. The Hall–Kier alpha value is -2.99. The number of benzene rings is 1. The smallest absolute Gasteiger partial charge is 0.329 e. The largest absolute Gasteiger partial charge is 0.450 e. The second-order valence-electron chi connectivity index (χ2n) is 8.27. The molecule has 1 rings (SSSR count). The molecule has 0 aromatic heterocycles. The van der Waals surface area contributed by atoms with Crippen molar-refractivity contribution in [2.75, 3.05) is 13.1 Å². The molecular weight excluding hydrogens is 464 g/mol. The van der Waals surface area contributed by atoms with E-state index >= 15 is 0 Å². The molecule has 0 spiro atoms. The van der Waals surface area contributed by atoms with Crippen molar-refractivity contribution in [1.29, 1.82) is 0 Å². The first-order valence-electron chi connectivity index (χ1n) is 11.0. The number of nitrogens with one attached hydrogen (secondary N) is 2. The van der Waals surface area contributed by atoms with Crippen LogP contribution in [0.5, 0.6) is 0 Å². The summed E-state index contributed by atoms with van der Waals surface area (Å²) in [6, 6.07) is 3.28. The number of esters is 1. The van der Waals surface area contributed by atoms with Gasteiger partial charge in [0, 0.05) is 18.7 Å². The molecule has 0 bridgehead atoms. The quantitative estimate of drug-likeness (QED) is 0.386. The van der Waals surface area contributed by atoms with Crippen LogP contribution < -0.4 is 16.4 Å². The maximum absolute atomic E-state index is 12.9. The summed E-state index contributed by atoms with van der Waals surface area (Å²) in [5.74, 6) is -3.35. The first-order chi connectivity index (χ1) is 15.8. The number of rotatable bonds is 11. The van der Waals surface area contributed by atoms with Crippen LogP contribution in [0.3, 0.4) is 0 Å². The predicted octanol–water partition coefficient (Wildman–Crippen LogP) is 1.23. The van der Waals surface area contributed by atoms with Crippen molar-refractivity contribution in [1.82, 2.24) is 14.9 Å². The van der Waals surface area contributed by atoms with Crippen LogP contribution in [0.2, 0.25) is 0 Å². The van der Waals surface area contributed by atoms with E-state index in [2.05, 4.69) is 5.32 Å². The number of hydrogen-bond acceptors (Lipinski definition) is 7. The topological polar surface area (TPSA) is 165 Å². The van der Waals surface area contributed by atoms with Crippen LogP contribution in [0.25, 0.3) is 0 Å². The summed E-state index contributed by atoms with van der Waals surface area (Å²) < 4.78 is 32.1. The van der Waals surface area contributed by atoms with Crippen LogP contribution in [0.15, 0.2) is 29.2 Å². The second kappa shape index (κ2) is 12.5. The van der Waals surface area contributed by atoms with Crippen LogP contribution in [0.1, 0.15) is 51.9 Å². The molecule has 0 heterocycles. The first kappa shape index (κ1) is 29.0. The van der Waals surface area contributed by atoms with E-state index in [-0.39, 0.29) is 23.5 Å². The maximum atomic E-state index is 12.9. The van der Waals surface area contributed by atoms with Crippen LogP contribution in [0, 0.1) is 11.8 Å². The first-order valence-corrected chi connectivity index (χ1v) is 12.4. The molecule has 0 aliphatic carbocycles. The molecule has 0 aliphatic rings. The summed E-state index contributed by atoms with van der Waals surface area (Å²) in [7, 11) is -3.78. The van der Waals surface area contributed by atoms with Crippen LogP contribution >= 0.6 is 0 Å². The van der Waals surface area contributed by atoms with Crippen molar-refractivity contribution in [3.63, 3.8) is 0 Å². The maximum Gasteiger partial charge on any atom is 0.329 e. The normalized spacial score (nSPS) is 13.4. The van der Waals surface area contributed by atoms with E-state index in [9.17, 15) is 27.6 Å². The highest BCUT2D eigenvalue weighted by molar-refractivity contribution is 7.89. The SMILES string of the molecule is CCN(CC)S(=O)(=O)c1cccc(C(=O)N[C@H](C(=O)OC(C(=O)NC(N)=O)C(C)C)C(C)C)c1. The van der Waals surface area contributed by atoms with Crippen LogP contribution in [-0.4, -0.2) is 61.8 Å². The Balaban J connectivity index is 3.12. The van der Waals surface area contributed by atoms with Crippen molar-refractivity contribution in [2.24, 2.45) is 17.6 Å². The molecule has 12 heteroatoms. The molecule has 2 atom stereocenters. The summed E-state index contributed by atoms with van der Waals surface area (Å²) in [5, 5.41) is 4.42. The van der Waals surface area contributed by atoms with E-state index in [1.165, 1.54) is 28.6 Å². The highest BCUT2D eigenvalue weighted by Crippen LogP contribution is 2.18. The van der Waals surface area contributed by atoms with Gasteiger partial charge in [0.25, 0.3) is 11.8 Å². The molecule has 11 nitrogen and oxygen atoms in total. The molecule has 1 aromatic carbocycles. The Labute approximate surface area is 200 Å². The van der Waals surface area contributed by atoms with Crippen molar-refractivity contribution in [3.8, 4) is 0 Å². The van der Waals surface area contributed by atoms with Gasteiger partial charge in [-0.15, -0.1) is 0 Å². The van der Waals surface area contributed by atoms with Gasteiger partial charge in [0.15, 0.2) is 6.10 Å². The van der Waals surface area contributed by atoms with E-state index < -0.39 is 57.8 Å².